The van der Waals surface area contributed by atoms with E-state index in [0.29, 0.717) is 0 Å². The fraction of sp³-hybridized carbons (Fsp3) is 0.0714. The van der Waals surface area contributed by atoms with E-state index in [2.05, 4.69) is 29.2 Å². The summed E-state index contributed by atoms with van der Waals surface area (Å²) < 4.78 is 7.90. The summed E-state index contributed by atoms with van der Waals surface area (Å²) >= 11 is -0.501. The molecule has 1 aliphatic rings. The average Bonchev–Trinajstić information content (AvgIpc) is 2.82. The molecule has 0 aliphatic carbocycles. The van der Waals surface area contributed by atoms with Crippen LogP contribution in [0.25, 0.3) is 21.5 Å². The van der Waals surface area contributed by atoms with Crippen LogP contribution >= 0.6 is 0 Å². The molecule has 1 aliphatic heterocycles. The molecule has 32 heavy (non-hydrogen) atoms. The van der Waals surface area contributed by atoms with E-state index in [-0.39, 0.29) is 17.4 Å². The predicted molar refractivity (Wildman–Crippen MR) is 130 cm³/mol. The third kappa shape index (κ3) is 3.03. The molecule has 6 rings (SSSR count). The van der Waals surface area contributed by atoms with E-state index in [1.54, 1.807) is 24.3 Å². The van der Waals surface area contributed by atoms with E-state index in [4.69, 9.17) is 4.74 Å². The molecule has 5 aromatic carbocycles. The van der Waals surface area contributed by atoms with Gasteiger partial charge in [-0.1, -0.05) is 0 Å². The Morgan fingerprint density at radius 3 is 1.69 bits per heavy atom. The molecule has 1 heterocycles. The topological polar surface area (TPSA) is 49.7 Å². The van der Waals surface area contributed by atoms with Crippen molar-refractivity contribution in [1.29, 1.82) is 0 Å². The van der Waals surface area contributed by atoms with E-state index >= 15 is 0 Å². The normalized spacial score (nSPS) is 13.0. The van der Waals surface area contributed by atoms with Crippen LogP contribution in [0.5, 0.6) is 23.0 Å². The van der Waals surface area contributed by atoms with E-state index in [9.17, 15) is 10.2 Å². The zero-order chi connectivity index (χ0) is 21.8. The number of rotatable bonds is 2. The van der Waals surface area contributed by atoms with Crippen molar-refractivity contribution in [3.05, 3.63) is 102 Å². The van der Waals surface area contributed by atoms with Crippen LogP contribution in [0.1, 0.15) is 22.6 Å². The molecule has 2 radical (unpaired) electrons. The van der Waals surface area contributed by atoms with Crippen LogP contribution < -0.4 is 8.32 Å². The molecule has 0 amide bonds. The van der Waals surface area contributed by atoms with Gasteiger partial charge in [0.05, 0.1) is 0 Å². The summed E-state index contributed by atoms with van der Waals surface area (Å²) in [5.74, 6) is 2.17. The van der Waals surface area contributed by atoms with Gasteiger partial charge in [0.25, 0.3) is 0 Å². The maximum absolute atomic E-state index is 10.0. The minimum atomic E-state index is -0.501. The zero-order valence-corrected chi connectivity index (χ0v) is 20.3. The molecule has 0 saturated carbocycles. The first-order chi connectivity index (χ1) is 15.6. The summed E-state index contributed by atoms with van der Waals surface area (Å²) in [6.07, 6.45) is 0. The van der Waals surface area contributed by atoms with Gasteiger partial charge in [0.1, 0.15) is 0 Å². The van der Waals surface area contributed by atoms with Crippen molar-refractivity contribution in [1.82, 2.24) is 0 Å². The molecule has 0 unspecified atom stereocenters. The van der Waals surface area contributed by atoms with Crippen LogP contribution in [0.15, 0.2) is 84.9 Å². The quantitative estimate of drug-likeness (QED) is 0.271. The Morgan fingerprint density at radius 1 is 0.656 bits per heavy atom. The number of phenolic OH excluding ortho intramolecular Hbond substituents is 2. The molecule has 2 N–H and O–H groups in total. The van der Waals surface area contributed by atoms with Gasteiger partial charge in [-0.3, -0.25) is 0 Å². The standard InChI is InChI=1S/C27H17O3.CH3.Sn/c28-19-8-10-21-17(14-19)6-12-23-26(21)25(16-4-2-1-3-5-16)27-22-11-9-20(29)15-18(22)7-13-24(27)30-23;;/h2-15,25,28-29H;1H3;. The van der Waals surface area contributed by atoms with E-state index in [0.717, 1.165) is 44.2 Å². The molecular weight excluding hydrogens is 503 g/mol. The summed E-state index contributed by atoms with van der Waals surface area (Å²) in [5.41, 5.74) is 3.44. The molecule has 3 nitrogen and oxygen atoms in total. The van der Waals surface area contributed by atoms with Gasteiger partial charge in [-0.25, -0.2) is 0 Å². The number of benzene rings is 5. The molecule has 0 aromatic heterocycles. The molecule has 0 bridgehead atoms. The number of hydrogen-bond donors (Lipinski definition) is 2. The first-order valence-electron chi connectivity index (χ1n) is 10.6. The van der Waals surface area contributed by atoms with Crippen LogP contribution in [0.4, 0.5) is 0 Å². The summed E-state index contributed by atoms with van der Waals surface area (Å²) in [6.45, 7) is 0. The first kappa shape index (κ1) is 19.5. The maximum atomic E-state index is 10.0. The van der Waals surface area contributed by atoms with Crippen molar-refractivity contribution in [2.24, 2.45) is 0 Å². The fourth-order valence-corrected chi connectivity index (χ4v) is 6.28. The number of fused-ring (bicyclic) bond motifs is 6. The van der Waals surface area contributed by atoms with Gasteiger partial charge in [-0.2, -0.15) is 0 Å². The Bertz CT molecular complexity index is 1410. The molecule has 0 saturated heterocycles. The van der Waals surface area contributed by atoms with E-state index in [1.807, 2.05) is 36.4 Å². The SMILES string of the molecule is [CH3][Sn][c]1ccc(C2c3c(ccc4cc(O)ccc34)Oc3ccc4cc(O)ccc4c32)cc1. The number of phenols is 2. The third-order valence-electron chi connectivity index (χ3n) is 6.34. The molecule has 0 atom stereocenters. The van der Waals surface area contributed by atoms with Gasteiger partial charge < -0.3 is 0 Å². The third-order valence-corrected chi connectivity index (χ3v) is 8.94. The Morgan fingerprint density at radius 2 is 1.19 bits per heavy atom. The second-order valence-electron chi connectivity index (χ2n) is 8.17. The fourth-order valence-electron chi connectivity index (χ4n) is 4.85. The zero-order valence-electron chi connectivity index (χ0n) is 17.5. The molecule has 5 aromatic rings. The van der Waals surface area contributed by atoms with E-state index in [1.165, 1.54) is 9.14 Å². The van der Waals surface area contributed by atoms with Crippen molar-refractivity contribution >= 4 is 46.3 Å². The van der Waals surface area contributed by atoms with Crippen LogP contribution in [-0.2, 0) is 0 Å². The van der Waals surface area contributed by atoms with Gasteiger partial charge in [-0.05, 0) is 0 Å². The second-order valence-corrected chi connectivity index (χ2v) is 11.2. The Kier molecular flexibility index (Phi) is 4.54. The van der Waals surface area contributed by atoms with E-state index < -0.39 is 21.1 Å². The summed E-state index contributed by atoms with van der Waals surface area (Å²) in [5, 5.41) is 24.2. The summed E-state index contributed by atoms with van der Waals surface area (Å²) in [7, 11) is 0. The summed E-state index contributed by atoms with van der Waals surface area (Å²) in [4.78, 5) is 2.33. The van der Waals surface area contributed by atoms with Crippen LogP contribution in [0, 0.1) is 0 Å². The van der Waals surface area contributed by atoms with Gasteiger partial charge in [0.15, 0.2) is 0 Å². The average molecular weight is 523 g/mol. The Labute approximate surface area is 196 Å². The second kappa shape index (κ2) is 7.45. The molecule has 154 valence electrons. The molecule has 0 spiro atoms. The molecular formula is C28H20O3Sn. The first-order valence-corrected chi connectivity index (χ1v) is 14.9. The number of hydrogen-bond acceptors (Lipinski definition) is 3. The predicted octanol–water partition coefficient (Wildman–Crippen LogP) is 6.07. The van der Waals surface area contributed by atoms with Gasteiger partial charge >= 0.3 is 197 Å². The van der Waals surface area contributed by atoms with Crippen molar-refractivity contribution < 1.29 is 14.9 Å². The van der Waals surface area contributed by atoms with Crippen molar-refractivity contribution in [3.8, 4) is 23.0 Å². The molecule has 0 fully saturated rings. The monoisotopic (exact) mass is 524 g/mol. The minimum absolute atomic E-state index is 0.0217. The van der Waals surface area contributed by atoms with Crippen molar-refractivity contribution in [3.63, 3.8) is 0 Å². The number of ether oxygens (including phenoxy) is 1. The van der Waals surface area contributed by atoms with Crippen LogP contribution in [0.2, 0.25) is 4.94 Å². The van der Waals surface area contributed by atoms with Gasteiger partial charge in [0, 0.05) is 0 Å². The molecule has 4 heteroatoms. The van der Waals surface area contributed by atoms with Crippen molar-refractivity contribution in [2.45, 2.75) is 10.9 Å². The Balaban J connectivity index is 1.71. The van der Waals surface area contributed by atoms with Crippen LogP contribution in [0.3, 0.4) is 0 Å². The summed E-state index contributed by atoms with van der Waals surface area (Å²) in [6, 6.07) is 28.1. The van der Waals surface area contributed by atoms with Crippen molar-refractivity contribution in [2.75, 3.05) is 0 Å². The Hall–Kier alpha value is -3.18. The van der Waals surface area contributed by atoms with Crippen LogP contribution in [-0.4, -0.2) is 31.4 Å². The van der Waals surface area contributed by atoms with Gasteiger partial charge in [0.2, 0.25) is 0 Å². The van der Waals surface area contributed by atoms with Gasteiger partial charge in [-0.15, -0.1) is 0 Å². The number of aromatic hydroxyl groups is 2.